The second-order valence-electron chi connectivity index (χ2n) is 13.2. The van der Waals surface area contributed by atoms with Gasteiger partial charge in [-0.1, -0.05) is 12.1 Å². The van der Waals surface area contributed by atoms with E-state index in [0.717, 1.165) is 39.4 Å². The van der Waals surface area contributed by atoms with E-state index in [2.05, 4.69) is 56.4 Å². The van der Waals surface area contributed by atoms with Gasteiger partial charge in [-0.05, 0) is 77.7 Å². The number of hydrogen-bond donors (Lipinski definition) is 7. The lowest BCUT2D eigenvalue weighted by molar-refractivity contribution is 0.298. The molecule has 5 aromatic rings. The summed E-state index contributed by atoms with van der Waals surface area (Å²) in [5.74, 6) is 3.46. The van der Waals surface area contributed by atoms with Crippen molar-refractivity contribution in [3.63, 3.8) is 0 Å². The van der Waals surface area contributed by atoms with Gasteiger partial charge < -0.3 is 59.1 Å². The fraction of sp³-hybridized carbons (Fsp3) is 0.317. The smallest absolute Gasteiger partial charge is 0.185 e. The predicted octanol–water partition coefficient (Wildman–Crippen LogP) is 4.66. The SMILES string of the molecule is CC(N)=NCCCOc1cc(OCCCN=C(N)N)cc(-c2ccc3sc4ccc(-c5cc(OCCCN=C(N)N)cc(OCCCN=C(N)N)c5)cc4c3c2)c1. The van der Waals surface area contributed by atoms with Gasteiger partial charge in [0.15, 0.2) is 17.9 Å². The molecule has 302 valence electrons. The van der Waals surface area contributed by atoms with Gasteiger partial charge in [0.05, 0.1) is 32.3 Å². The molecule has 57 heavy (non-hydrogen) atoms. The van der Waals surface area contributed by atoms with Crippen molar-refractivity contribution in [3.05, 3.63) is 72.8 Å². The third-order valence-electron chi connectivity index (χ3n) is 8.43. The highest BCUT2D eigenvalue weighted by atomic mass is 32.1. The van der Waals surface area contributed by atoms with Crippen molar-refractivity contribution in [2.24, 2.45) is 60.1 Å². The van der Waals surface area contributed by atoms with Gasteiger partial charge in [0.1, 0.15) is 23.0 Å². The van der Waals surface area contributed by atoms with Gasteiger partial charge in [0, 0.05) is 84.2 Å². The average Bonchev–Trinajstić information content (AvgIpc) is 3.54. The summed E-state index contributed by atoms with van der Waals surface area (Å²) in [4.78, 5) is 16.4. The van der Waals surface area contributed by atoms with Crippen LogP contribution in [0.15, 0.2) is 92.8 Å². The number of benzene rings is 4. The Bertz CT molecular complexity index is 1980. The largest absolute Gasteiger partial charge is 0.493 e. The fourth-order valence-electron chi connectivity index (χ4n) is 5.84. The number of nitrogens with zero attached hydrogens (tertiary/aromatic N) is 4. The summed E-state index contributed by atoms with van der Waals surface area (Å²) in [6.45, 7) is 5.56. The number of amidine groups is 1. The first-order valence-electron chi connectivity index (χ1n) is 18.7. The molecule has 0 saturated heterocycles. The second-order valence-corrected chi connectivity index (χ2v) is 14.2. The van der Waals surface area contributed by atoms with Crippen molar-refractivity contribution in [3.8, 4) is 45.3 Å². The topological polar surface area (TPSA) is 268 Å². The van der Waals surface area contributed by atoms with Crippen molar-refractivity contribution < 1.29 is 18.9 Å². The molecule has 0 spiro atoms. The van der Waals surface area contributed by atoms with Crippen LogP contribution in [0.1, 0.15) is 32.6 Å². The van der Waals surface area contributed by atoms with Gasteiger partial charge in [-0.2, -0.15) is 0 Å². The maximum absolute atomic E-state index is 6.17. The Labute approximate surface area is 336 Å². The zero-order chi connectivity index (χ0) is 40.6. The lowest BCUT2D eigenvalue weighted by Gasteiger charge is -2.13. The Balaban J connectivity index is 1.44. The van der Waals surface area contributed by atoms with Crippen molar-refractivity contribution in [1.82, 2.24) is 0 Å². The molecule has 0 aliphatic rings. The van der Waals surface area contributed by atoms with E-state index < -0.39 is 0 Å². The number of guanidine groups is 3. The summed E-state index contributed by atoms with van der Waals surface area (Å²) in [7, 11) is 0. The first-order chi connectivity index (χ1) is 27.5. The molecule has 0 fully saturated rings. The molecule has 0 bridgehead atoms. The zero-order valence-electron chi connectivity index (χ0n) is 32.3. The fourth-order valence-corrected chi connectivity index (χ4v) is 6.91. The first-order valence-corrected chi connectivity index (χ1v) is 19.6. The molecule has 5 rings (SSSR count). The van der Waals surface area contributed by atoms with Gasteiger partial charge in [0.25, 0.3) is 0 Å². The Morgan fingerprint density at radius 1 is 0.439 bits per heavy atom. The summed E-state index contributed by atoms with van der Waals surface area (Å²) in [6, 6.07) is 24.9. The van der Waals surface area contributed by atoms with Crippen LogP contribution in [0.25, 0.3) is 42.4 Å². The summed E-state index contributed by atoms with van der Waals surface area (Å²) in [6.07, 6.45) is 2.69. The number of fused-ring (bicyclic) bond motifs is 3. The minimum atomic E-state index is 0.0567. The zero-order valence-corrected chi connectivity index (χ0v) is 33.1. The first kappa shape index (κ1) is 41.7. The Morgan fingerprint density at radius 3 is 1.09 bits per heavy atom. The van der Waals surface area contributed by atoms with Crippen LogP contribution in [0.4, 0.5) is 0 Å². The van der Waals surface area contributed by atoms with Gasteiger partial charge >= 0.3 is 0 Å². The molecular formula is C41H53N11O4S. The van der Waals surface area contributed by atoms with E-state index in [9.17, 15) is 0 Å². The molecule has 15 nitrogen and oxygen atoms in total. The van der Waals surface area contributed by atoms with Crippen LogP contribution < -0.4 is 59.1 Å². The van der Waals surface area contributed by atoms with Crippen molar-refractivity contribution in [2.75, 3.05) is 52.6 Å². The maximum atomic E-state index is 6.17. The van der Waals surface area contributed by atoms with E-state index >= 15 is 0 Å². The van der Waals surface area contributed by atoms with Crippen LogP contribution >= 0.6 is 11.3 Å². The summed E-state index contributed by atoms with van der Waals surface area (Å²) in [5, 5.41) is 2.27. The van der Waals surface area contributed by atoms with Gasteiger partial charge in [-0.3, -0.25) is 20.0 Å². The minimum absolute atomic E-state index is 0.0567. The monoisotopic (exact) mass is 795 g/mol. The Morgan fingerprint density at radius 2 is 0.772 bits per heavy atom. The lowest BCUT2D eigenvalue weighted by Crippen LogP contribution is -2.23. The van der Waals surface area contributed by atoms with Crippen LogP contribution in [-0.4, -0.2) is 76.3 Å². The molecular weight excluding hydrogens is 743 g/mol. The number of ether oxygens (including phenoxy) is 4. The number of nitrogens with two attached hydrogens (primary N) is 7. The van der Waals surface area contributed by atoms with Crippen molar-refractivity contribution in [1.29, 1.82) is 0 Å². The van der Waals surface area contributed by atoms with Crippen molar-refractivity contribution >= 4 is 55.2 Å². The predicted molar refractivity (Wildman–Crippen MR) is 235 cm³/mol. The summed E-state index contributed by atoms with van der Waals surface area (Å²) < 4.78 is 26.9. The lowest BCUT2D eigenvalue weighted by atomic mass is 9.99. The van der Waals surface area contributed by atoms with E-state index in [-0.39, 0.29) is 17.9 Å². The normalized spacial score (nSPS) is 11.3. The highest BCUT2D eigenvalue weighted by molar-refractivity contribution is 7.25. The second kappa shape index (κ2) is 21.0. The molecule has 0 aliphatic heterocycles. The van der Waals surface area contributed by atoms with Gasteiger partial charge in [-0.15, -0.1) is 11.3 Å². The number of rotatable bonds is 22. The molecule has 0 atom stereocenters. The number of thiophene rings is 1. The molecule has 0 radical (unpaired) electrons. The molecule has 0 saturated carbocycles. The average molecular weight is 796 g/mol. The van der Waals surface area contributed by atoms with Gasteiger partial charge in [-0.25, -0.2) is 0 Å². The number of hydrogen-bond acceptors (Lipinski definition) is 9. The van der Waals surface area contributed by atoms with Crippen molar-refractivity contribution in [2.45, 2.75) is 32.6 Å². The van der Waals surface area contributed by atoms with Crippen LogP contribution in [0.3, 0.4) is 0 Å². The van der Waals surface area contributed by atoms with E-state index in [1.165, 1.54) is 9.40 Å². The van der Waals surface area contributed by atoms with Crippen LogP contribution in [0, 0.1) is 0 Å². The van der Waals surface area contributed by atoms with Crippen LogP contribution in [0.2, 0.25) is 0 Å². The summed E-state index contributed by atoms with van der Waals surface area (Å²) in [5.41, 5.74) is 42.5. The van der Waals surface area contributed by atoms with E-state index in [1.807, 2.05) is 36.4 Å². The van der Waals surface area contributed by atoms with E-state index in [4.69, 9.17) is 59.1 Å². The Kier molecular flexibility index (Phi) is 15.4. The highest BCUT2D eigenvalue weighted by Gasteiger charge is 2.13. The quantitative estimate of drug-likeness (QED) is 0.0288. The van der Waals surface area contributed by atoms with Gasteiger partial charge in [0.2, 0.25) is 0 Å². The van der Waals surface area contributed by atoms with E-state index in [0.29, 0.717) is 101 Å². The molecule has 1 heterocycles. The number of aliphatic imine (C=N–C) groups is 4. The molecule has 4 aromatic carbocycles. The molecule has 0 aliphatic carbocycles. The third-order valence-corrected chi connectivity index (χ3v) is 9.58. The highest BCUT2D eigenvalue weighted by Crippen LogP contribution is 2.40. The minimum Gasteiger partial charge on any atom is -0.493 e. The maximum Gasteiger partial charge on any atom is 0.185 e. The summed E-state index contributed by atoms with van der Waals surface area (Å²) >= 11 is 1.75. The Hall–Kier alpha value is -6.42. The molecule has 1 aromatic heterocycles. The third kappa shape index (κ3) is 13.4. The van der Waals surface area contributed by atoms with Crippen LogP contribution in [0.5, 0.6) is 23.0 Å². The molecule has 0 unspecified atom stereocenters. The van der Waals surface area contributed by atoms with Crippen LogP contribution in [-0.2, 0) is 0 Å². The van der Waals surface area contributed by atoms with E-state index in [1.54, 1.807) is 18.3 Å². The standard InChI is InChI=1S/C41H53N11O4S/c1-26(42)49-10-2-14-53-31-18-29(19-32(24-31)54-15-3-11-50-39(43)44)27-6-8-37-35(22-27)36-23-28(7-9-38(36)57-37)30-20-33(55-16-4-12-51-40(45)46)25-34(21-30)56-17-5-13-52-41(47)48/h6-9,18-25H,2-5,10-17H2,1H3,(H2,42,49)(H4,43,44,50)(H4,45,46,51)(H4,47,48,52). The molecule has 0 amide bonds. The molecule has 16 heteroatoms. The molecule has 14 N–H and O–H groups in total.